The van der Waals surface area contributed by atoms with Gasteiger partial charge in [-0.1, -0.05) is 13.8 Å². The minimum absolute atomic E-state index is 0.329. The average Bonchev–Trinajstić information content (AvgIpc) is 2.74. The zero-order valence-electron chi connectivity index (χ0n) is 9.96. The second kappa shape index (κ2) is 4.65. The van der Waals surface area contributed by atoms with E-state index in [0.29, 0.717) is 17.6 Å². The molecule has 0 aromatic heterocycles. The summed E-state index contributed by atoms with van der Waals surface area (Å²) in [5.41, 5.74) is 0. The first-order chi connectivity index (χ1) is 7.18. The normalized spacial score (nSPS) is 41.7. The average molecular weight is 209 g/mol. The smallest absolute Gasteiger partial charge is 0.140 e. The number of ketones is 1. The Morgan fingerprint density at radius 3 is 2.47 bits per heavy atom. The number of carbonyl (C=O) groups is 1. The lowest BCUT2D eigenvalue weighted by Gasteiger charge is -2.32. The van der Waals surface area contributed by atoms with Gasteiger partial charge in [-0.25, -0.2) is 0 Å². The van der Waals surface area contributed by atoms with Crippen molar-refractivity contribution < 1.29 is 4.79 Å². The van der Waals surface area contributed by atoms with Crippen LogP contribution in [0.15, 0.2) is 0 Å². The van der Waals surface area contributed by atoms with E-state index in [4.69, 9.17) is 0 Å². The summed E-state index contributed by atoms with van der Waals surface area (Å²) in [6.07, 6.45) is 4.59. The van der Waals surface area contributed by atoms with Gasteiger partial charge in [0.2, 0.25) is 0 Å². The molecule has 1 aliphatic heterocycles. The van der Waals surface area contributed by atoms with Gasteiger partial charge in [0.25, 0.3) is 0 Å². The summed E-state index contributed by atoms with van der Waals surface area (Å²) in [7, 11) is 0. The van der Waals surface area contributed by atoms with Gasteiger partial charge in [0.05, 0.1) is 0 Å². The molecule has 0 aromatic rings. The Morgan fingerprint density at radius 1 is 1.07 bits per heavy atom. The molecule has 0 radical (unpaired) electrons. The highest BCUT2D eigenvalue weighted by Crippen LogP contribution is 2.35. The third kappa shape index (κ3) is 2.41. The minimum Gasteiger partial charge on any atom is -0.316 e. The van der Waals surface area contributed by atoms with Gasteiger partial charge >= 0.3 is 0 Å². The molecule has 4 unspecified atom stereocenters. The lowest BCUT2D eigenvalue weighted by molar-refractivity contribution is -0.128. The first-order valence-corrected chi connectivity index (χ1v) is 6.43. The molecule has 4 atom stereocenters. The Kier molecular flexibility index (Phi) is 3.45. The van der Waals surface area contributed by atoms with Crippen LogP contribution in [0.1, 0.15) is 39.5 Å². The molecule has 1 heterocycles. The second-order valence-electron chi connectivity index (χ2n) is 5.56. The maximum Gasteiger partial charge on any atom is 0.140 e. The number of hydrogen-bond donors (Lipinski definition) is 1. The van der Waals surface area contributed by atoms with Crippen molar-refractivity contribution >= 4 is 5.78 Å². The van der Waals surface area contributed by atoms with Gasteiger partial charge in [0.15, 0.2) is 0 Å². The molecule has 0 bridgehead atoms. The van der Waals surface area contributed by atoms with E-state index < -0.39 is 0 Å². The summed E-state index contributed by atoms with van der Waals surface area (Å²) in [5.74, 6) is 2.81. The Morgan fingerprint density at radius 2 is 1.87 bits per heavy atom. The highest BCUT2D eigenvalue weighted by Gasteiger charge is 2.33. The van der Waals surface area contributed by atoms with Crippen molar-refractivity contribution in [3.63, 3.8) is 0 Å². The first-order valence-electron chi connectivity index (χ1n) is 6.43. The fourth-order valence-corrected chi connectivity index (χ4v) is 3.04. The van der Waals surface area contributed by atoms with Crippen LogP contribution in [0.25, 0.3) is 0 Å². The molecule has 0 aromatic carbocycles. The van der Waals surface area contributed by atoms with Crippen molar-refractivity contribution in [1.29, 1.82) is 0 Å². The highest BCUT2D eigenvalue weighted by molar-refractivity contribution is 5.84. The zero-order chi connectivity index (χ0) is 10.8. The molecule has 1 aliphatic carbocycles. The maximum atomic E-state index is 12.2. The van der Waals surface area contributed by atoms with Crippen molar-refractivity contribution in [2.24, 2.45) is 23.7 Å². The molecule has 2 fully saturated rings. The van der Waals surface area contributed by atoms with Crippen LogP contribution in [0, 0.1) is 23.7 Å². The van der Waals surface area contributed by atoms with Gasteiger partial charge in [-0.05, 0) is 44.1 Å². The highest BCUT2D eigenvalue weighted by atomic mass is 16.1. The first kappa shape index (κ1) is 11.1. The monoisotopic (exact) mass is 209 g/mol. The maximum absolute atomic E-state index is 12.2. The number of hydrogen-bond acceptors (Lipinski definition) is 2. The van der Waals surface area contributed by atoms with Gasteiger partial charge < -0.3 is 5.32 Å². The Labute approximate surface area is 92.8 Å². The summed E-state index contributed by atoms with van der Waals surface area (Å²) in [6.45, 7) is 6.59. The standard InChI is InChI=1S/C13H23NO/c1-9-3-4-11(7-10(9)2)13(15)12-5-6-14-8-12/h9-12,14H,3-8H2,1-2H3. The van der Waals surface area contributed by atoms with E-state index in [-0.39, 0.29) is 0 Å². The van der Waals surface area contributed by atoms with Gasteiger partial charge in [0.1, 0.15) is 5.78 Å². The molecule has 2 heteroatoms. The molecule has 1 N–H and O–H groups in total. The minimum atomic E-state index is 0.329. The van der Waals surface area contributed by atoms with Crippen LogP contribution in [0.2, 0.25) is 0 Å². The van der Waals surface area contributed by atoms with E-state index in [1.807, 2.05) is 0 Å². The second-order valence-corrected chi connectivity index (χ2v) is 5.56. The van der Waals surface area contributed by atoms with Crippen molar-refractivity contribution in [3.05, 3.63) is 0 Å². The SMILES string of the molecule is CC1CCC(C(=O)C2CCNC2)CC1C. The quantitative estimate of drug-likeness (QED) is 0.755. The molecule has 86 valence electrons. The number of nitrogens with one attached hydrogen (secondary N) is 1. The fourth-order valence-electron chi connectivity index (χ4n) is 3.04. The van der Waals surface area contributed by atoms with E-state index in [1.165, 1.54) is 6.42 Å². The van der Waals surface area contributed by atoms with Crippen LogP contribution in [0.5, 0.6) is 0 Å². The summed E-state index contributed by atoms with van der Waals surface area (Å²) in [6, 6.07) is 0. The van der Waals surface area contributed by atoms with E-state index in [1.54, 1.807) is 0 Å². The molecule has 0 spiro atoms. The third-order valence-corrected chi connectivity index (χ3v) is 4.46. The Hall–Kier alpha value is -0.370. The largest absolute Gasteiger partial charge is 0.316 e. The third-order valence-electron chi connectivity index (χ3n) is 4.46. The molecule has 1 saturated carbocycles. The van der Waals surface area contributed by atoms with E-state index in [9.17, 15) is 4.79 Å². The van der Waals surface area contributed by atoms with Crippen molar-refractivity contribution in [2.75, 3.05) is 13.1 Å². The van der Waals surface area contributed by atoms with Gasteiger partial charge in [0, 0.05) is 18.4 Å². The van der Waals surface area contributed by atoms with Gasteiger partial charge in [-0.3, -0.25) is 4.79 Å². The summed E-state index contributed by atoms with van der Waals surface area (Å²) in [5, 5.41) is 3.29. The van der Waals surface area contributed by atoms with Crippen molar-refractivity contribution in [2.45, 2.75) is 39.5 Å². The molecule has 0 amide bonds. The zero-order valence-corrected chi connectivity index (χ0v) is 9.96. The topological polar surface area (TPSA) is 29.1 Å². The summed E-state index contributed by atoms with van der Waals surface area (Å²) < 4.78 is 0. The predicted octanol–water partition coefficient (Wildman–Crippen LogP) is 2.24. The van der Waals surface area contributed by atoms with Crippen molar-refractivity contribution in [3.8, 4) is 0 Å². The van der Waals surface area contributed by atoms with E-state index in [2.05, 4.69) is 19.2 Å². The fraction of sp³-hybridized carbons (Fsp3) is 0.923. The lowest BCUT2D eigenvalue weighted by atomic mass is 9.72. The molecule has 2 aliphatic rings. The molecular weight excluding hydrogens is 186 g/mol. The summed E-state index contributed by atoms with van der Waals surface area (Å²) in [4.78, 5) is 12.2. The van der Waals surface area contributed by atoms with Gasteiger partial charge in [-0.15, -0.1) is 0 Å². The van der Waals surface area contributed by atoms with Crippen LogP contribution < -0.4 is 5.32 Å². The molecule has 2 rings (SSSR count). The van der Waals surface area contributed by atoms with E-state index in [0.717, 1.165) is 44.2 Å². The number of Topliss-reactive ketones (excluding diaryl/α,β-unsaturated/α-hetero) is 1. The van der Waals surface area contributed by atoms with Crippen LogP contribution in [-0.2, 0) is 4.79 Å². The summed E-state index contributed by atoms with van der Waals surface area (Å²) >= 11 is 0. The van der Waals surface area contributed by atoms with Crippen molar-refractivity contribution in [1.82, 2.24) is 5.32 Å². The molecular formula is C13H23NO. The number of carbonyl (C=O) groups excluding carboxylic acids is 1. The Balaban J connectivity index is 1.90. The lowest BCUT2D eigenvalue weighted by Crippen LogP contribution is -2.31. The molecule has 1 saturated heterocycles. The number of rotatable bonds is 2. The van der Waals surface area contributed by atoms with Crippen LogP contribution in [-0.4, -0.2) is 18.9 Å². The van der Waals surface area contributed by atoms with Gasteiger partial charge in [-0.2, -0.15) is 0 Å². The molecule has 15 heavy (non-hydrogen) atoms. The van der Waals surface area contributed by atoms with Crippen LogP contribution in [0.4, 0.5) is 0 Å². The van der Waals surface area contributed by atoms with Crippen LogP contribution in [0.3, 0.4) is 0 Å². The van der Waals surface area contributed by atoms with Crippen LogP contribution >= 0.6 is 0 Å². The predicted molar refractivity (Wildman–Crippen MR) is 61.7 cm³/mol. The van der Waals surface area contributed by atoms with E-state index >= 15 is 0 Å². The Bertz CT molecular complexity index is 233. The molecule has 2 nitrogen and oxygen atoms in total.